The Labute approximate surface area is 161 Å². The van der Waals surface area contributed by atoms with Gasteiger partial charge in [0.1, 0.15) is 6.07 Å². The average molecular weight is 417 g/mol. The molecule has 0 unspecified atom stereocenters. The third kappa shape index (κ3) is 5.90. The molecular formula is C16H17ClN2O5S2. The molecule has 0 aliphatic carbocycles. The summed E-state index contributed by atoms with van der Waals surface area (Å²) < 4.78 is 27.8. The van der Waals surface area contributed by atoms with Crippen LogP contribution in [0.1, 0.15) is 18.9 Å². The van der Waals surface area contributed by atoms with Crippen LogP contribution in [0.15, 0.2) is 18.2 Å². The fourth-order valence-electron chi connectivity index (χ4n) is 2.29. The summed E-state index contributed by atoms with van der Waals surface area (Å²) in [6, 6.07) is 6.34. The highest BCUT2D eigenvalue weighted by Gasteiger charge is 2.29. The van der Waals surface area contributed by atoms with Crippen LogP contribution in [0, 0.1) is 11.3 Å². The van der Waals surface area contributed by atoms with Crippen molar-refractivity contribution in [3.05, 3.63) is 28.8 Å². The normalized spacial score (nSPS) is 19.3. The minimum Gasteiger partial charge on any atom is -0.452 e. The van der Waals surface area contributed by atoms with Crippen molar-refractivity contribution in [2.45, 2.75) is 24.7 Å². The first-order chi connectivity index (χ1) is 12.2. The van der Waals surface area contributed by atoms with E-state index in [0.29, 0.717) is 12.1 Å². The molecule has 1 heterocycles. The summed E-state index contributed by atoms with van der Waals surface area (Å²) in [6.07, 6.45) is -0.500. The van der Waals surface area contributed by atoms with Crippen molar-refractivity contribution in [2.75, 3.05) is 22.6 Å². The van der Waals surface area contributed by atoms with E-state index in [1.54, 1.807) is 0 Å². The number of nitriles is 1. The van der Waals surface area contributed by atoms with Crippen molar-refractivity contribution in [1.29, 1.82) is 5.26 Å². The summed E-state index contributed by atoms with van der Waals surface area (Å²) in [7, 11) is -2.99. The van der Waals surface area contributed by atoms with Crippen LogP contribution in [0.2, 0.25) is 5.02 Å². The Morgan fingerprint density at radius 2 is 2.23 bits per heavy atom. The summed E-state index contributed by atoms with van der Waals surface area (Å²) >= 11 is 7.12. The lowest BCUT2D eigenvalue weighted by Crippen LogP contribution is -2.30. The zero-order chi connectivity index (χ0) is 19.3. The van der Waals surface area contributed by atoms with Gasteiger partial charge in [-0.15, -0.1) is 11.8 Å². The molecule has 0 saturated carbocycles. The summed E-state index contributed by atoms with van der Waals surface area (Å²) in [5.74, 6) is -0.917. The lowest BCUT2D eigenvalue weighted by atomic mass is 10.2. The van der Waals surface area contributed by atoms with Crippen LogP contribution in [0.4, 0.5) is 5.69 Å². The van der Waals surface area contributed by atoms with Gasteiger partial charge in [0.15, 0.2) is 15.9 Å². The van der Waals surface area contributed by atoms with E-state index in [0.717, 1.165) is 0 Å². The maximum atomic E-state index is 12.1. The molecule has 0 bridgehead atoms. The smallest absolute Gasteiger partial charge is 0.316 e. The SMILES string of the molecule is C[C@H](OC(=O)CS[C@@H]1CCS(=O)(=O)C1)C(=O)Nc1ccc(C#N)c(Cl)c1. The van der Waals surface area contributed by atoms with E-state index < -0.39 is 27.8 Å². The molecule has 2 rings (SSSR count). The molecule has 2 atom stereocenters. The fourth-order valence-corrected chi connectivity index (χ4v) is 5.94. The lowest BCUT2D eigenvalue weighted by Gasteiger charge is -2.14. The number of thioether (sulfide) groups is 1. The quantitative estimate of drug-likeness (QED) is 0.705. The van der Waals surface area contributed by atoms with Gasteiger partial charge in [-0.2, -0.15) is 5.26 Å². The number of hydrogen-bond donors (Lipinski definition) is 1. The zero-order valence-corrected chi connectivity index (χ0v) is 16.3. The Balaban J connectivity index is 1.80. The van der Waals surface area contributed by atoms with Crippen LogP contribution in [0.25, 0.3) is 0 Å². The number of carbonyl (C=O) groups excluding carboxylic acids is 2. The molecule has 1 N–H and O–H groups in total. The molecule has 1 aromatic carbocycles. The van der Waals surface area contributed by atoms with Crippen molar-refractivity contribution >= 4 is 50.8 Å². The number of nitrogens with zero attached hydrogens (tertiary/aromatic N) is 1. The first-order valence-corrected chi connectivity index (χ1v) is 11.0. The van der Waals surface area contributed by atoms with E-state index >= 15 is 0 Å². The van der Waals surface area contributed by atoms with Gasteiger partial charge in [0.2, 0.25) is 0 Å². The molecule has 1 saturated heterocycles. The van der Waals surface area contributed by atoms with E-state index in [4.69, 9.17) is 21.6 Å². The molecule has 1 aromatic rings. The van der Waals surface area contributed by atoms with Crippen LogP contribution >= 0.6 is 23.4 Å². The highest BCUT2D eigenvalue weighted by Crippen LogP contribution is 2.24. The number of rotatable bonds is 6. The van der Waals surface area contributed by atoms with Gasteiger partial charge in [0.25, 0.3) is 5.91 Å². The van der Waals surface area contributed by atoms with Crippen molar-refractivity contribution in [1.82, 2.24) is 0 Å². The molecule has 1 aliphatic heterocycles. The highest BCUT2D eigenvalue weighted by molar-refractivity contribution is 8.02. The maximum Gasteiger partial charge on any atom is 0.316 e. The predicted molar refractivity (Wildman–Crippen MR) is 99.9 cm³/mol. The average Bonchev–Trinajstić information content (AvgIpc) is 2.92. The van der Waals surface area contributed by atoms with Crippen LogP contribution < -0.4 is 5.32 Å². The number of carbonyl (C=O) groups is 2. The van der Waals surface area contributed by atoms with Gasteiger partial charge in [0.05, 0.1) is 27.8 Å². The zero-order valence-electron chi connectivity index (χ0n) is 13.9. The molecule has 7 nitrogen and oxygen atoms in total. The molecule has 26 heavy (non-hydrogen) atoms. The lowest BCUT2D eigenvalue weighted by molar-refractivity contribution is -0.150. The molecule has 10 heteroatoms. The van der Waals surface area contributed by atoms with Gasteiger partial charge in [0, 0.05) is 10.9 Å². The molecule has 0 radical (unpaired) electrons. The number of esters is 1. The van der Waals surface area contributed by atoms with E-state index in [9.17, 15) is 18.0 Å². The van der Waals surface area contributed by atoms with Crippen molar-refractivity contribution in [3.8, 4) is 6.07 Å². The second kappa shape index (κ2) is 8.75. The van der Waals surface area contributed by atoms with Crippen LogP contribution in [-0.4, -0.2) is 48.9 Å². The first kappa shape index (κ1) is 20.6. The molecule has 140 valence electrons. The summed E-state index contributed by atoms with van der Waals surface area (Å²) in [5.41, 5.74) is 0.669. The van der Waals surface area contributed by atoms with Crippen LogP contribution in [0.5, 0.6) is 0 Å². The van der Waals surface area contributed by atoms with E-state index in [-0.39, 0.29) is 33.1 Å². The molecule has 0 aromatic heterocycles. The standard InChI is InChI=1S/C16H17ClN2O5S2/c1-10(16(21)19-12-3-2-11(7-18)14(17)6-12)24-15(20)8-25-13-4-5-26(22,23)9-13/h2-3,6,10,13H,4-5,8-9H2,1H3,(H,19,21)/t10-,13+/m0/s1. The number of anilines is 1. The molecule has 1 amide bonds. The maximum absolute atomic E-state index is 12.1. The van der Waals surface area contributed by atoms with E-state index in [1.807, 2.05) is 6.07 Å². The van der Waals surface area contributed by atoms with E-state index in [2.05, 4.69) is 5.32 Å². The molecule has 0 spiro atoms. The number of hydrogen-bond acceptors (Lipinski definition) is 7. The van der Waals surface area contributed by atoms with Crippen LogP contribution in [-0.2, 0) is 24.2 Å². The monoisotopic (exact) mass is 416 g/mol. The third-order valence-corrected chi connectivity index (χ3v) is 7.23. The highest BCUT2D eigenvalue weighted by atomic mass is 35.5. The second-order valence-corrected chi connectivity index (χ2v) is 9.69. The summed E-state index contributed by atoms with van der Waals surface area (Å²) in [4.78, 5) is 23.9. The Morgan fingerprint density at radius 3 is 2.81 bits per heavy atom. The van der Waals surface area contributed by atoms with Gasteiger partial charge in [-0.3, -0.25) is 9.59 Å². The summed E-state index contributed by atoms with van der Waals surface area (Å²) in [5, 5.41) is 11.5. The Kier molecular flexibility index (Phi) is 6.92. The number of benzene rings is 1. The Bertz CT molecular complexity index is 851. The molecular weight excluding hydrogens is 400 g/mol. The van der Waals surface area contributed by atoms with Gasteiger partial charge < -0.3 is 10.1 Å². The number of amides is 1. The molecule has 1 aliphatic rings. The Morgan fingerprint density at radius 1 is 1.50 bits per heavy atom. The van der Waals surface area contributed by atoms with Gasteiger partial charge >= 0.3 is 5.97 Å². The molecule has 1 fully saturated rings. The second-order valence-electron chi connectivity index (χ2n) is 5.76. The van der Waals surface area contributed by atoms with E-state index in [1.165, 1.54) is 36.9 Å². The predicted octanol–water partition coefficient (Wildman–Crippen LogP) is 2.00. The van der Waals surface area contributed by atoms with Crippen molar-refractivity contribution in [2.24, 2.45) is 0 Å². The largest absolute Gasteiger partial charge is 0.452 e. The number of ether oxygens (including phenoxy) is 1. The van der Waals surface area contributed by atoms with Crippen molar-refractivity contribution < 1.29 is 22.7 Å². The fraction of sp³-hybridized carbons (Fsp3) is 0.438. The Hall–Kier alpha value is -1.76. The van der Waals surface area contributed by atoms with Gasteiger partial charge in [-0.05, 0) is 31.5 Å². The third-order valence-electron chi connectivity index (χ3n) is 3.66. The number of sulfone groups is 1. The van der Waals surface area contributed by atoms with Crippen LogP contribution in [0.3, 0.4) is 0 Å². The van der Waals surface area contributed by atoms with Gasteiger partial charge in [-0.25, -0.2) is 8.42 Å². The number of nitrogens with one attached hydrogen (secondary N) is 1. The summed E-state index contributed by atoms with van der Waals surface area (Å²) in [6.45, 7) is 1.43. The minimum absolute atomic E-state index is 0.0134. The topological polar surface area (TPSA) is 113 Å². The van der Waals surface area contributed by atoms with Gasteiger partial charge in [-0.1, -0.05) is 11.6 Å². The van der Waals surface area contributed by atoms with Crippen molar-refractivity contribution in [3.63, 3.8) is 0 Å². The first-order valence-electron chi connectivity index (χ1n) is 7.72. The minimum atomic E-state index is -2.99. The number of halogens is 1.